The molecule has 2 aromatic rings. The fourth-order valence-electron chi connectivity index (χ4n) is 4.30. The number of fused-ring (bicyclic) bond motifs is 1. The van der Waals surface area contributed by atoms with Gasteiger partial charge >= 0.3 is 6.09 Å². The topological polar surface area (TPSA) is 59.1 Å². The van der Waals surface area contributed by atoms with Crippen LogP contribution in [0.3, 0.4) is 0 Å². The van der Waals surface area contributed by atoms with Gasteiger partial charge in [0.15, 0.2) is 6.17 Å². The molecule has 2 atom stereocenters. The summed E-state index contributed by atoms with van der Waals surface area (Å²) in [5.74, 6) is -0.130. The van der Waals surface area contributed by atoms with Crippen LogP contribution in [-0.2, 0) is 26.5 Å². The van der Waals surface area contributed by atoms with Crippen LogP contribution in [0.5, 0.6) is 0 Å². The lowest BCUT2D eigenvalue weighted by atomic mass is 9.79. The molecule has 0 aromatic heterocycles. The molecule has 0 radical (unpaired) electrons. The lowest BCUT2D eigenvalue weighted by Crippen LogP contribution is -2.76. The van der Waals surface area contributed by atoms with Crippen molar-refractivity contribution in [2.24, 2.45) is 0 Å². The molecule has 2 aliphatic rings. The molecule has 2 fully saturated rings. The van der Waals surface area contributed by atoms with Gasteiger partial charge in [-0.3, -0.25) is 9.69 Å². The number of carbonyl (C=O) groups excluding carboxylic acids is 2. The predicted molar refractivity (Wildman–Crippen MR) is 103 cm³/mol. The van der Waals surface area contributed by atoms with E-state index in [0.717, 1.165) is 11.1 Å². The number of nitrogens with zero attached hydrogens (tertiary/aromatic N) is 2. The van der Waals surface area contributed by atoms with Crippen LogP contribution in [0.2, 0.25) is 0 Å². The lowest BCUT2D eigenvalue weighted by molar-refractivity contribution is -0.216. The molecule has 4 rings (SSSR count). The second kappa shape index (κ2) is 6.63. The van der Waals surface area contributed by atoms with Crippen LogP contribution in [0.1, 0.15) is 25.0 Å². The van der Waals surface area contributed by atoms with E-state index in [1.807, 2.05) is 74.5 Å². The Hall–Kier alpha value is -2.86. The first-order valence-electron chi connectivity index (χ1n) is 9.33. The molecule has 146 valence electrons. The highest BCUT2D eigenvalue weighted by molar-refractivity contribution is 5.96. The van der Waals surface area contributed by atoms with Gasteiger partial charge in [-0.25, -0.2) is 4.79 Å². The zero-order valence-electron chi connectivity index (χ0n) is 16.3. The number of amides is 2. The summed E-state index contributed by atoms with van der Waals surface area (Å²) in [7, 11) is 1.51. The van der Waals surface area contributed by atoms with Gasteiger partial charge in [-0.1, -0.05) is 60.7 Å². The number of methoxy groups -OCH3 is 1. The van der Waals surface area contributed by atoms with Crippen molar-refractivity contribution in [3.63, 3.8) is 0 Å². The molecule has 0 aliphatic carbocycles. The van der Waals surface area contributed by atoms with Gasteiger partial charge in [-0.15, -0.1) is 0 Å². The predicted octanol–water partition coefficient (Wildman–Crippen LogP) is 3.13. The average molecular weight is 380 g/mol. The maximum absolute atomic E-state index is 13.2. The Balaban J connectivity index is 1.63. The standard InChI is InChI=1S/C22H24N2O4/c1-21(2)15-23(20(26)28-14-16-10-6-4-7-11-16)18-22(27-3,19(25)24(18)21)17-12-8-5-9-13-17/h4-13,18H,14-15H2,1-3H3/t18-,22+/m0/s1. The van der Waals surface area contributed by atoms with Gasteiger partial charge in [0.25, 0.3) is 5.91 Å². The van der Waals surface area contributed by atoms with Crippen molar-refractivity contribution >= 4 is 12.0 Å². The van der Waals surface area contributed by atoms with Gasteiger partial charge in [0.05, 0.1) is 5.54 Å². The molecule has 0 N–H and O–H groups in total. The molecule has 6 heteroatoms. The molecule has 28 heavy (non-hydrogen) atoms. The third kappa shape index (κ3) is 2.59. The summed E-state index contributed by atoms with van der Waals surface area (Å²) in [5.41, 5.74) is -0.0512. The van der Waals surface area contributed by atoms with Crippen LogP contribution in [0, 0.1) is 0 Å². The number of benzene rings is 2. The lowest BCUT2D eigenvalue weighted by Gasteiger charge is -2.55. The molecule has 0 unspecified atom stereocenters. The Morgan fingerprint density at radius 1 is 1.07 bits per heavy atom. The maximum Gasteiger partial charge on any atom is 0.411 e. The van der Waals surface area contributed by atoms with Gasteiger partial charge in [0.2, 0.25) is 5.60 Å². The number of ether oxygens (including phenoxy) is 2. The van der Waals surface area contributed by atoms with Gasteiger partial charge in [0, 0.05) is 13.7 Å². The van der Waals surface area contributed by atoms with Crippen LogP contribution in [0.15, 0.2) is 60.7 Å². The molecule has 0 saturated carbocycles. The first-order chi connectivity index (χ1) is 13.4. The third-order valence-electron chi connectivity index (χ3n) is 5.61. The largest absolute Gasteiger partial charge is 0.444 e. The molecule has 0 bridgehead atoms. The zero-order valence-corrected chi connectivity index (χ0v) is 16.3. The van der Waals surface area contributed by atoms with Crippen LogP contribution >= 0.6 is 0 Å². The van der Waals surface area contributed by atoms with Crippen molar-refractivity contribution in [3.05, 3.63) is 71.8 Å². The maximum atomic E-state index is 13.2. The molecule has 2 aliphatic heterocycles. The highest BCUT2D eigenvalue weighted by Crippen LogP contribution is 2.52. The minimum atomic E-state index is -1.21. The second-order valence-corrected chi connectivity index (χ2v) is 7.84. The van der Waals surface area contributed by atoms with E-state index >= 15 is 0 Å². The van der Waals surface area contributed by atoms with E-state index in [0.29, 0.717) is 6.54 Å². The summed E-state index contributed by atoms with van der Waals surface area (Å²) in [5, 5.41) is 0. The fraction of sp³-hybridized carbons (Fsp3) is 0.364. The molecule has 2 amide bonds. The molecule has 2 aromatic carbocycles. The van der Waals surface area contributed by atoms with E-state index in [2.05, 4.69) is 0 Å². The molecule has 2 heterocycles. The normalized spacial score (nSPS) is 25.2. The van der Waals surface area contributed by atoms with Crippen LogP contribution in [-0.4, -0.2) is 47.2 Å². The van der Waals surface area contributed by atoms with Gasteiger partial charge < -0.3 is 14.4 Å². The van der Waals surface area contributed by atoms with Crippen molar-refractivity contribution in [1.82, 2.24) is 9.80 Å². The minimum absolute atomic E-state index is 0.130. The average Bonchev–Trinajstić information content (AvgIpc) is 2.97. The van der Waals surface area contributed by atoms with E-state index < -0.39 is 23.4 Å². The first-order valence-corrected chi connectivity index (χ1v) is 9.33. The summed E-state index contributed by atoms with van der Waals surface area (Å²) in [4.78, 5) is 29.5. The number of hydrogen-bond donors (Lipinski definition) is 0. The molecular weight excluding hydrogens is 356 g/mol. The van der Waals surface area contributed by atoms with Crippen LogP contribution in [0.4, 0.5) is 4.79 Å². The van der Waals surface area contributed by atoms with E-state index in [1.165, 1.54) is 7.11 Å². The van der Waals surface area contributed by atoms with Crippen molar-refractivity contribution < 1.29 is 19.1 Å². The number of rotatable bonds is 4. The van der Waals surface area contributed by atoms with Crippen molar-refractivity contribution in [2.75, 3.05) is 13.7 Å². The first kappa shape index (κ1) is 18.5. The summed E-state index contributed by atoms with van der Waals surface area (Å²) < 4.78 is 11.3. The van der Waals surface area contributed by atoms with E-state index in [-0.39, 0.29) is 12.5 Å². The Kier molecular flexibility index (Phi) is 4.38. The molecule has 0 spiro atoms. The van der Waals surface area contributed by atoms with E-state index in [1.54, 1.807) is 9.80 Å². The van der Waals surface area contributed by atoms with E-state index in [4.69, 9.17) is 9.47 Å². The summed E-state index contributed by atoms with van der Waals surface area (Å²) in [6, 6.07) is 18.9. The smallest absolute Gasteiger partial charge is 0.411 e. The van der Waals surface area contributed by atoms with Gasteiger partial charge in [-0.2, -0.15) is 0 Å². The second-order valence-electron chi connectivity index (χ2n) is 7.84. The van der Waals surface area contributed by atoms with Crippen molar-refractivity contribution in [1.29, 1.82) is 0 Å². The SMILES string of the molecule is CO[C@@]1(c2ccccc2)C(=O)N2[C@@H]1N(C(=O)OCc1ccccc1)CC2(C)C. The fourth-order valence-corrected chi connectivity index (χ4v) is 4.30. The minimum Gasteiger partial charge on any atom is -0.444 e. The number of hydrogen-bond acceptors (Lipinski definition) is 4. The molecule has 6 nitrogen and oxygen atoms in total. The molecule has 2 saturated heterocycles. The van der Waals surface area contributed by atoms with Crippen molar-refractivity contribution in [3.8, 4) is 0 Å². The quantitative estimate of drug-likeness (QED) is 0.765. The van der Waals surface area contributed by atoms with Crippen LogP contribution in [0.25, 0.3) is 0 Å². The number of carbonyl (C=O) groups is 2. The summed E-state index contributed by atoms with van der Waals surface area (Å²) in [6.45, 7) is 4.47. The van der Waals surface area contributed by atoms with E-state index in [9.17, 15) is 9.59 Å². The Morgan fingerprint density at radius 2 is 1.68 bits per heavy atom. The Morgan fingerprint density at radius 3 is 2.29 bits per heavy atom. The van der Waals surface area contributed by atoms with Gasteiger partial charge in [0.1, 0.15) is 6.61 Å². The highest BCUT2D eigenvalue weighted by Gasteiger charge is 2.72. The molecular formula is C22H24N2O4. The summed E-state index contributed by atoms with van der Waals surface area (Å²) in [6.07, 6.45) is -0.986. The monoisotopic (exact) mass is 380 g/mol. The third-order valence-corrected chi connectivity index (χ3v) is 5.61. The summed E-state index contributed by atoms with van der Waals surface area (Å²) >= 11 is 0. The van der Waals surface area contributed by atoms with Crippen LogP contribution < -0.4 is 0 Å². The Labute approximate surface area is 164 Å². The van der Waals surface area contributed by atoms with Crippen molar-refractivity contribution in [2.45, 2.75) is 37.8 Å². The zero-order chi connectivity index (χ0) is 19.9. The number of β-lactam (4-membered cyclic amide) rings is 1. The highest BCUT2D eigenvalue weighted by atomic mass is 16.6. The van der Waals surface area contributed by atoms with Gasteiger partial charge in [-0.05, 0) is 25.0 Å². The Bertz CT molecular complexity index is 884.